The Morgan fingerprint density at radius 2 is 2.21 bits per heavy atom. The molecule has 0 fully saturated rings. The van der Waals surface area contributed by atoms with Crippen molar-refractivity contribution in [2.24, 2.45) is 0 Å². The van der Waals surface area contributed by atoms with Crippen LogP contribution in [-0.2, 0) is 4.74 Å². The molecule has 19 heavy (non-hydrogen) atoms. The van der Waals surface area contributed by atoms with Gasteiger partial charge in [0.2, 0.25) is 0 Å². The van der Waals surface area contributed by atoms with Gasteiger partial charge in [-0.25, -0.2) is 9.78 Å². The Morgan fingerprint density at radius 1 is 1.47 bits per heavy atom. The van der Waals surface area contributed by atoms with Crippen LogP contribution in [0.3, 0.4) is 0 Å². The Kier molecular flexibility index (Phi) is 2.72. The van der Waals surface area contributed by atoms with E-state index in [1.54, 1.807) is 17.4 Å². The fourth-order valence-corrected chi connectivity index (χ4v) is 2.54. The third-order valence-electron chi connectivity index (χ3n) is 2.60. The summed E-state index contributed by atoms with van der Waals surface area (Å²) in [7, 11) is 0. The summed E-state index contributed by atoms with van der Waals surface area (Å²) in [5, 5.41) is 2.54. The molecule has 3 N–H and O–H groups in total. The maximum atomic E-state index is 11.4. The number of amides is 1. The van der Waals surface area contributed by atoms with E-state index < -0.39 is 6.09 Å². The van der Waals surface area contributed by atoms with Crippen molar-refractivity contribution in [1.29, 1.82) is 0 Å². The minimum Gasteiger partial charge on any atom is -0.450 e. The Labute approximate surface area is 117 Å². The minimum absolute atomic E-state index is 0.294. The number of nitrogens with zero attached hydrogens (tertiary/aromatic N) is 2. The number of anilines is 1. The summed E-state index contributed by atoms with van der Waals surface area (Å²) in [5.41, 5.74) is 2.08. The quantitative estimate of drug-likeness (QED) is 0.633. The maximum absolute atomic E-state index is 11.4. The van der Waals surface area contributed by atoms with Crippen molar-refractivity contribution in [3.8, 4) is 0 Å². The number of imidazole rings is 2. The van der Waals surface area contributed by atoms with Crippen LogP contribution in [-0.4, -0.2) is 32.1 Å². The average molecular weight is 295 g/mol. The largest absolute Gasteiger partial charge is 0.450 e. The monoisotopic (exact) mass is 295 g/mol. The number of ether oxygens (including phenoxy) is 1. The van der Waals surface area contributed by atoms with Gasteiger partial charge in [0.25, 0.3) is 0 Å². The first-order valence-corrected chi connectivity index (χ1v) is 6.32. The van der Waals surface area contributed by atoms with Crippen LogP contribution in [0.15, 0.2) is 6.07 Å². The highest BCUT2D eigenvalue weighted by Gasteiger charge is 2.13. The molecule has 7 nitrogen and oxygen atoms in total. The van der Waals surface area contributed by atoms with Crippen LogP contribution in [0.2, 0.25) is 0 Å². The van der Waals surface area contributed by atoms with Gasteiger partial charge in [-0.2, -0.15) is 0 Å². The molecule has 98 valence electrons. The Hall–Kier alpha value is -2.00. The topological polar surface area (TPSA) is 87.2 Å². The van der Waals surface area contributed by atoms with Crippen LogP contribution in [0.1, 0.15) is 6.92 Å². The van der Waals surface area contributed by atoms with Gasteiger partial charge >= 0.3 is 6.09 Å². The molecule has 1 amide bonds. The number of H-pyrrole nitrogens is 2. The van der Waals surface area contributed by atoms with Gasteiger partial charge in [0.1, 0.15) is 11.3 Å². The molecule has 0 spiro atoms. The van der Waals surface area contributed by atoms with Crippen molar-refractivity contribution in [2.45, 2.75) is 6.92 Å². The number of rotatable bonds is 2. The molecule has 0 aliphatic carbocycles. The van der Waals surface area contributed by atoms with Crippen molar-refractivity contribution in [3.05, 3.63) is 15.6 Å². The molecule has 0 radical (unpaired) electrons. The summed E-state index contributed by atoms with van der Waals surface area (Å²) in [6, 6.07) is 1.68. The SMILES string of the molecule is CCOC(=O)Nc1cc2[nH]c(=S)n3c(=S)[nH]c(n1)c23. The van der Waals surface area contributed by atoms with Crippen LogP contribution in [0.5, 0.6) is 0 Å². The van der Waals surface area contributed by atoms with E-state index in [1.165, 1.54) is 0 Å². The molecule has 0 unspecified atom stereocenters. The lowest BCUT2D eigenvalue weighted by atomic mass is 10.4. The molecule has 0 bridgehead atoms. The molecule has 0 aliphatic rings. The zero-order valence-corrected chi connectivity index (χ0v) is 11.4. The van der Waals surface area contributed by atoms with Crippen LogP contribution >= 0.6 is 24.4 Å². The molecule has 3 rings (SSSR count). The van der Waals surface area contributed by atoms with Gasteiger partial charge in [-0.1, -0.05) is 0 Å². The molecule has 0 saturated carbocycles. The molecule has 9 heteroatoms. The summed E-state index contributed by atoms with van der Waals surface area (Å²) < 4.78 is 7.44. The Bertz CT molecular complexity index is 820. The van der Waals surface area contributed by atoms with Crippen molar-refractivity contribution >= 4 is 53.0 Å². The summed E-state index contributed by atoms with van der Waals surface area (Å²) in [6.07, 6.45) is -0.555. The highest BCUT2D eigenvalue weighted by molar-refractivity contribution is 7.72. The van der Waals surface area contributed by atoms with E-state index in [1.807, 2.05) is 0 Å². The van der Waals surface area contributed by atoms with Crippen molar-refractivity contribution in [1.82, 2.24) is 19.4 Å². The lowest BCUT2D eigenvalue weighted by Gasteiger charge is -2.04. The molecule has 3 heterocycles. The van der Waals surface area contributed by atoms with Gasteiger partial charge in [-0.3, -0.25) is 9.72 Å². The second-order valence-electron chi connectivity index (χ2n) is 3.79. The number of aromatic nitrogens is 4. The molecule has 0 saturated heterocycles. The van der Waals surface area contributed by atoms with Crippen molar-refractivity contribution in [3.63, 3.8) is 0 Å². The van der Waals surface area contributed by atoms with Crippen LogP contribution in [0.25, 0.3) is 16.7 Å². The predicted octanol–water partition coefficient (Wildman–Crippen LogP) is 2.61. The first-order chi connectivity index (χ1) is 9.10. The highest BCUT2D eigenvalue weighted by atomic mass is 32.1. The zero-order chi connectivity index (χ0) is 13.6. The molecular formula is C10H9N5O2S2. The van der Waals surface area contributed by atoms with E-state index in [9.17, 15) is 4.79 Å². The lowest BCUT2D eigenvalue weighted by Crippen LogP contribution is -2.14. The van der Waals surface area contributed by atoms with Gasteiger partial charge < -0.3 is 14.7 Å². The van der Waals surface area contributed by atoms with Gasteiger partial charge in [0, 0.05) is 6.07 Å². The van der Waals surface area contributed by atoms with Crippen LogP contribution in [0.4, 0.5) is 10.6 Å². The van der Waals surface area contributed by atoms with Crippen LogP contribution < -0.4 is 5.32 Å². The number of hydrogen-bond donors (Lipinski definition) is 3. The summed E-state index contributed by atoms with van der Waals surface area (Å²) in [4.78, 5) is 21.6. The summed E-state index contributed by atoms with van der Waals surface area (Å²) in [5.74, 6) is 0.363. The van der Waals surface area contributed by atoms with E-state index in [2.05, 4.69) is 20.3 Å². The van der Waals surface area contributed by atoms with Gasteiger partial charge in [-0.15, -0.1) is 0 Å². The van der Waals surface area contributed by atoms with Crippen molar-refractivity contribution < 1.29 is 9.53 Å². The van der Waals surface area contributed by atoms with E-state index >= 15 is 0 Å². The number of aromatic amines is 2. The molecule has 0 aliphatic heterocycles. The zero-order valence-electron chi connectivity index (χ0n) is 9.81. The molecule has 0 aromatic carbocycles. The smallest absolute Gasteiger partial charge is 0.412 e. The summed E-state index contributed by atoms with van der Waals surface area (Å²) in [6.45, 7) is 2.02. The first kappa shape index (κ1) is 12.1. The normalized spacial score (nSPS) is 11.2. The third kappa shape index (κ3) is 1.87. The Morgan fingerprint density at radius 3 is 2.95 bits per heavy atom. The second kappa shape index (κ2) is 4.28. The molecular weight excluding hydrogens is 286 g/mol. The summed E-state index contributed by atoms with van der Waals surface area (Å²) >= 11 is 10.3. The highest BCUT2D eigenvalue weighted by Crippen LogP contribution is 2.22. The number of hydrogen-bond acceptors (Lipinski definition) is 5. The van der Waals surface area contributed by atoms with Crippen LogP contribution in [0, 0.1) is 9.54 Å². The van der Waals surface area contributed by atoms with Gasteiger partial charge in [-0.05, 0) is 31.4 Å². The lowest BCUT2D eigenvalue weighted by molar-refractivity contribution is 0.168. The van der Waals surface area contributed by atoms with Gasteiger partial charge in [0.15, 0.2) is 15.2 Å². The van der Waals surface area contributed by atoms with Gasteiger partial charge in [0.05, 0.1) is 12.1 Å². The predicted molar refractivity (Wildman–Crippen MR) is 74.9 cm³/mol. The van der Waals surface area contributed by atoms with E-state index in [0.29, 0.717) is 27.6 Å². The van der Waals surface area contributed by atoms with Crippen molar-refractivity contribution in [2.75, 3.05) is 11.9 Å². The fraction of sp³-hybridized carbons (Fsp3) is 0.200. The standard InChI is InChI=1S/C10H9N5O2S2/c1-2-17-10(16)13-5-3-4-6-7(12-5)14-9(19)15(6)8(18)11-4/h3H,2H2,1H3,(H,11,18)(H2,12,13,14,16,19). The number of carbonyl (C=O) groups excluding carboxylic acids is 1. The minimum atomic E-state index is -0.555. The maximum Gasteiger partial charge on any atom is 0.412 e. The van der Waals surface area contributed by atoms with E-state index in [0.717, 1.165) is 11.0 Å². The second-order valence-corrected chi connectivity index (χ2v) is 4.57. The first-order valence-electron chi connectivity index (χ1n) is 5.51. The fourth-order valence-electron chi connectivity index (χ4n) is 1.91. The molecule has 3 aromatic heterocycles. The number of pyridine rings is 1. The average Bonchev–Trinajstić information content (AvgIpc) is 2.82. The number of carbonyl (C=O) groups is 1. The third-order valence-corrected chi connectivity index (χ3v) is 3.16. The van der Waals surface area contributed by atoms with E-state index in [4.69, 9.17) is 29.2 Å². The Balaban J connectivity index is 2.16. The molecule has 0 atom stereocenters. The van der Waals surface area contributed by atoms with E-state index in [-0.39, 0.29) is 0 Å². The molecule has 3 aromatic rings. The number of nitrogens with one attached hydrogen (secondary N) is 3.